The maximum absolute atomic E-state index is 11.6. The van der Waals surface area contributed by atoms with Gasteiger partial charge >= 0.3 is 0 Å². The van der Waals surface area contributed by atoms with Crippen LogP contribution in [0.3, 0.4) is 0 Å². The summed E-state index contributed by atoms with van der Waals surface area (Å²) in [5.74, 6) is -0.0366. The lowest BCUT2D eigenvalue weighted by Crippen LogP contribution is -2.26. The van der Waals surface area contributed by atoms with E-state index in [9.17, 15) is 4.79 Å². The van der Waals surface area contributed by atoms with Crippen molar-refractivity contribution in [3.8, 4) is 0 Å². The minimum atomic E-state index is -0.0985. The summed E-state index contributed by atoms with van der Waals surface area (Å²) in [4.78, 5) is 13.3. The summed E-state index contributed by atoms with van der Waals surface area (Å²) in [6.07, 6.45) is 0.182. The Morgan fingerprint density at radius 2 is 1.89 bits per heavy atom. The van der Waals surface area contributed by atoms with E-state index >= 15 is 0 Å². The molecule has 2 rings (SSSR count). The molecule has 1 amide bonds. The average molecular weight is 243 g/mol. The lowest BCUT2D eigenvalue weighted by Gasteiger charge is -2.18. The van der Waals surface area contributed by atoms with Crippen molar-refractivity contribution in [3.63, 3.8) is 0 Å². The maximum Gasteiger partial charge on any atom is 0.224 e. The van der Waals surface area contributed by atoms with Crippen LogP contribution >= 0.6 is 0 Å². The predicted octanol–water partition coefficient (Wildman–Crippen LogP) is 2.18. The third-order valence-electron chi connectivity index (χ3n) is 3.04. The molecule has 0 atom stereocenters. The largest absolute Gasteiger partial charge is 0.396 e. The minimum Gasteiger partial charge on any atom is -0.396 e. The molecule has 0 unspecified atom stereocenters. The molecule has 0 heterocycles. The molecule has 3 heteroatoms. The smallest absolute Gasteiger partial charge is 0.224 e. The van der Waals surface area contributed by atoms with Crippen molar-refractivity contribution < 1.29 is 9.90 Å². The van der Waals surface area contributed by atoms with Crippen LogP contribution in [-0.2, 0) is 11.3 Å². The van der Waals surface area contributed by atoms with Gasteiger partial charge < -0.3 is 10.0 Å². The van der Waals surface area contributed by atoms with Crippen LogP contribution in [0, 0.1) is 0 Å². The summed E-state index contributed by atoms with van der Waals surface area (Å²) in [5, 5.41) is 11.1. The van der Waals surface area contributed by atoms with Crippen molar-refractivity contribution in [1.29, 1.82) is 0 Å². The van der Waals surface area contributed by atoms with Gasteiger partial charge in [-0.05, 0) is 16.3 Å². The van der Waals surface area contributed by atoms with Gasteiger partial charge in [0.1, 0.15) is 0 Å². The Kier molecular flexibility index (Phi) is 3.95. The Morgan fingerprint density at radius 1 is 1.17 bits per heavy atom. The second kappa shape index (κ2) is 5.65. The normalized spacial score (nSPS) is 10.6. The first-order valence-electron chi connectivity index (χ1n) is 6.04. The van der Waals surface area contributed by atoms with Crippen molar-refractivity contribution in [1.82, 2.24) is 4.90 Å². The zero-order chi connectivity index (χ0) is 13.0. The predicted molar refractivity (Wildman–Crippen MR) is 72.1 cm³/mol. The molecule has 0 aliphatic heterocycles. The van der Waals surface area contributed by atoms with Gasteiger partial charge in [-0.15, -0.1) is 0 Å². The van der Waals surface area contributed by atoms with E-state index in [4.69, 9.17) is 5.11 Å². The van der Waals surface area contributed by atoms with Crippen molar-refractivity contribution in [3.05, 3.63) is 48.0 Å². The number of benzene rings is 2. The lowest BCUT2D eigenvalue weighted by atomic mass is 10.0. The van der Waals surface area contributed by atoms with E-state index in [2.05, 4.69) is 18.2 Å². The number of hydrogen-bond donors (Lipinski definition) is 1. The fourth-order valence-electron chi connectivity index (χ4n) is 2.06. The van der Waals surface area contributed by atoms with Crippen molar-refractivity contribution in [2.24, 2.45) is 0 Å². The Balaban J connectivity index is 2.24. The van der Waals surface area contributed by atoms with Gasteiger partial charge in [0, 0.05) is 20.0 Å². The first kappa shape index (κ1) is 12.6. The Morgan fingerprint density at radius 3 is 2.67 bits per heavy atom. The summed E-state index contributed by atoms with van der Waals surface area (Å²) in [5.41, 5.74) is 1.13. The molecule has 0 fully saturated rings. The van der Waals surface area contributed by atoms with Crippen LogP contribution in [0.1, 0.15) is 12.0 Å². The van der Waals surface area contributed by atoms with Gasteiger partial charge in [-0.2, -0.15) is 0 Å². The zero-order valence-corrected chi connectivity index (χ0v) is 10.5. The Hall–Kier alpha value is -1.87. The molecule has 0 saturated carbocycles. The van der Waals surface area contributed by atoms with Crippen LogP contribution in [0.4, 0.5) is 0 Å². The second-order valence-corrected chi connectivity index (χ2v) is 4.36. The average Bonchev–Trinajstić information content (AvgIpc) is 2.39. The molecule has 0 radical (unpaired) electrons. The highest BCUT2D eigenvalue weighted by molar-refractivity contribution is 5.86. The highest BCUT2D eigenvalue weighted by Gasteiger charge is 2.09. The third kappa shape index (κ3) is 2.68. The molecule has 3 nitrogen and oxygen atoms in total. The topological polar surface area (TPSA) is 40.5 Å². The number of fused-ring (bicyclic) bond motifs is 1. The molecule has 2 aromatic carbocycles. The molecule has 0 aliphatic rings. The van der Waals surface area contributed by atoms with Crippen LogP contribution in [0.5, 0.6) is 0 Å². The number of amides is 1. The second-order valence-electron chi connectivity index (χ2n) is 4.36. The van der Waals surface area contributed by atoms with Crippen LogP contribution in [-0.4, -0.2) is 29.6 Å². The number of aliphatic hydroxyl groups is 1. The number of aliphatic hydroxyl groups excluding tert-OH is 1. The Labute approximate surface area is 107 Å². The van der Waals surface area contributed by atoms with E-state index in [1.54, 1.807) is 11.9 Å². The molecule has 0 aromatic heterocycles. The van der Waals surface area contributed by atoms with Gasteiger partial charge in [0.2, 0.25) is 5.91 Å². The van der Waals surface area contributed by atoms with Gasteiger partial charge in [-0.1, -0.05) is 42.5 Å². The fourth-order valence-corrected chi connectivity index (χ4v) is 2.06. The van der Waals surface area contributed by atoms with Crippen molar-refractivity contribution >= 4 is 16.7 Å². The summed E-state index contributed by atoms with van der Waals surface area (Å²) < 4.78 is 0. The fraction of sp³-hybridized carbons (Fsp3) is 0.267. The molecule has 18 heavy (non-hydrogen) atoms. The van der Waals surface area contributed by atoms with E-state index in [1.165, 1.54) is 10.8 Å². The summed E-state index contributed by atoms with van der Waals surface area (Å²) in [6, 6.07) is 14.2. The molecule has 94 valence electrons. The van der Waals surface area contributed by atoms with E-state index < -0.39 is 0 Å². The van der Waals surface area contributed by atoms with Crippen LogP contribution < -0.4 is 0 Å². The molecular weight excluding hydrogens is 226 g/mol. The summed E-state index contributed by atoms with van der Waals surface area (Å²) in [6.45, 7) is 0.471. The number of carbonyl (C=O) groups is 1. The molecule has 0 bridgehead atoms. The van der Waals surface area contributed by atoms with Gasteiger partial charge in [-0.3, -0.25) is 4.79 Å². The molecule has 1 N–H and O–H groups in total. The van der Waals surface area contributed by atoms with E-state index in [1.807, 2.05) is 24.3 Å². The van der Waals surface area contributed by atoms with E-state index in [-0.39, 0.29) is 18.9 Å². The SMILES string of the molecule is CN(Cc1cccc2ccccc12)C(=O)CCO. The number of carbonyl (C=O) groups excluding carboxylic acids is 1. The van der Waals surface area contributed by atoms with Gasteiger partial charge in [0.15, 0.2) is 0 Å². The molecular formula is C15H17NO2. The number of hydrogen-bond acceptors (Lipinski definition) is 2. The van der Waals surface area contributed by atoms with Crippen molar-refractivity contribution in [2.75, 3.05) is 13.7 Å². The zero-order valence-electron chi connectivity index (χ0n) is 10.5. The Bertz CT molecular complexity index is 546. The molecule has 2 aromatic rings. The number of rotatable bonds is 4. The third-order valence-corrected chi connectivity index (χ3v) is 3.04. The highest BCUT2D eigenvalue weighted by Crippen LogP contribution is 2.19. The first-order chi connectivity index (χ1) is 8.72. The molecule has 0 spiro atoms. The lowest BCUT2D eigenvalue weighted by molar-refractivity contribution is -0.131. The van der Waals surface area contributed by atoms with E-state index in [0.717, 1.165) is 5.56 Å². The first-order valence-corrected chi connectivity index (χ1v) is 6.04. The van der Waals surface area contributed by atoms with Gasteiger partial charge in [0.05, 0.1) is 6.61 Å². The van der Waals surface area contributed by atoms with Crippen LogP contribution in [0.15, 0.2) is 42.5 Å². The van der Waals surface area contributed by atoms with Crippen LogP contribution in [0.25, 0.3) is 10.8 Å². The van der Waals surface area contributed by atoms with Gasteiger partial charge in [0.25, 0.3) is 0 Å². The van der Waals surface area contributed by atoms with Gasteiger partial charge in [-0.25, -0.2) is 0 Å². The highest BCUT2D eigenvalue weighted by atomic mass is 16.3. The summed E-state index contributed by atoms with van der Waals surface area (Å²) >= 11 is 0. The molecule has 0 aliphatic carbocycles. The van der Waals surface area contributed by atoms with E-state index in [0.29, 0.717) is 6.54 Å². The monoisotopic (exact) mass is 243 g/mol. The quantitative estimate of drug-likeness (QED) is 0.894. The van der Waals surface area contributed by atoms with Crippen molar-refractivity contribution in [2.45, 2.75) is 13.0 Å². The standard InChI is InChI=1S/C15H17NO2/c1-16(15(18)9-10-17)11-13-7-4-6-12-5-2-3-8-14(12)13/h2-8,17H,9-11H2,1H3. The maximum atomic E-state index is 11.6. The summed E-state index contributed by atoms with van der Waals surface area (Å²) in [7, 11) is 1.76. The minimum absolute atomic E-state index is 0.0366. The molecule has 0 saturated heterocycles. The van der Waals surface area contributed by atoms with Crippen LogP contribution in [0.2, 0.25) is 0 Å². The number of nitrogens with zero attached hydrogens (tertiary/aromatic N) is 1.